The number of para-hydroxylation sites is 1. The fourth-order valence-corrected chi connectivity index (χ4v) is 4.36. The highest BCUT2D eigenvalue weighted by atomic mass is 32.2. The van der Waals surface area contributed by atoms with Crippen LogP contribution in [0.15, 0.2) is 18.2 Å². The quantitative estimate of drug-likeness (QED) is 0.724. The van der Waals surface area contributed by atoms with Gasteiger partial charge in [-0.1, -0.05) is 45.9 Å². The molecule has 150 valence electrons. The highest BCUT2D eigenvalue weighted by Gasteiger charge is 2.47. The van der Waals surface area contributed by atoms with Crippen LogP contribution < -0.4 is 10.0 Å². The normalized spacial score (nSPS) is 17.4. The molecule has 1 aliphatic heterocycles. The van der Waals surface area contributed by atoms with Crippen molar-refractivity contribution in [1.29, 1.82) is 0 Å². The molecule has 1 aliphatic rings. The minimum absolute atomic E-state index is 0.0655. The summed E-state index contributed by atoms with van der Waals surface area (Å²) in [5.74, 6) is -0.164. The molecule has 27 heavy (non-hydrogen) atoms. The van der Waals surface area contributed by atoms with Crippen LogP contribution in [0.1, 0.15) is 64.5 Å². The summed E-state index contributed by atoms with van der Waals surface area (Å²) in [6.45, 7) is 11.8. The minimum Gasteiger partial charge on any atom is -0.337 e. The van der Waals surface area contributed by atoms with Crippen LogP contribution in [0.3, 0.4) is 0 Å². The maximum absolute atomic E-state index is 12.4. The van der Waals surface area contributed by atoms with Crippen LogP contribution in [0.2, 0.25) is 0 Å². The van der Waals surface area contributed by atoms with E-state index in [1.54, 1.807) is 0 Å². The van der Waals surface area contributed by atoms with Crippen molar-refractivity contribution in [2.45, 2.75) is 64.7 Å². The van der Waals surface area contributed by atoms with Gasteiger partial charge in [-0.2, -0.15) is 0 Å². The lowest BCUT2D eigenvalue weighted by atomic mass is 9.93. The third-order valence-electron chi connectivity index (χ3n) is 4.77. The molecule has 1 atom stereocenters. The molecule has 2 N–H and O–H groups in total. The molecule has 0 aliphatic carbocycles. The Balaban J connectivity index is 2.18. The van der Waals surface area contributed by atoms with E-state index in [4.69, 9.17) is 0 Å². The Morgan fingerprint density at radius 3 is 2.00 bits per heavy atom. The van der Waals surface area contributed by atoms with E-state index in [1.807, 2.05) is 64.5 Å². The third-order valence-corrected chi connectivity index (χ3v) is 6.34. The van der Waals surface area contributed by atoms with E-state index in [0.29, 0.717) is 5.69 Å². The van der Waals surface area contributed by atoms with Crippen molar-refractivity contribution in [2.75, 3.05) is 11.9 Å². The molecular formula is C19H29N3O4S. The van der Waals surface area contributed by atoms with Crippen molar-refractivity contribution in [2.24, 2.45) is 0 Å². The van der Waals surface area contributed by atoms with E-state index in [1.165, 1.54) is 4.90 Å². The number of likely N-dealkylation sites (tertiary alicyclic amines) is 1. The lowest BCUT2D eigenvalue weighted by Gasteiger charge is -2.40. The molecule has 0 aromatic heterocycles. The number of hydrogen-bond donors (Lipinski definition) is 2. The Labute approximate surface area is 161 Å². The Kier molecular flexibility index (Phi) is 6.19. The number of urea groups is 1. The van der Waals surface area contributed by atoms with Crippen LogP contribution in [-0.4, -0.2) is 43.1 Å². The fourth-order valence-electron chi connectivity index (χ4n) is 3.15. The fraction of sp³-hybridized carbons (Fsp3) is 0.579. The summed E-state index contributed by atoms with van der Waals surface area (Å²) in [6.07, 6.45) is 0. The largest absolute Gasteiger partial charge is 0.337 e. The van der Waals surface area contributed by atoms with Gasteiger partial charge in [0.1, 0.15) is 0 Å². The van der Waals surface area contributed by atoms with Crippen LogP contribution in [0.4, 0.5) is 10.5 Å². The number of benzene rings is 1. The summed E-state index contributed by atoms with van der Waals surface area (Å²) in [7, 11) is -4.08. The Morgan fingerprint density at radius 2 is 1.59 bits per heavy atom. The van der Waals surface area contributed by atoms with Crippen molar-refractivity contribution in [3.8, 4) is 0 Å². The average molecular weight is 396 g/mol. The number of nitrogens with one attached hydrogen (secondary N) is 2. The van der Waals surface area contributed by atoms with Gasteiger partial charge < -0.3 is 10.2 Å². The smallest absolute Gasteiger partial charge is 0.332 e. The number of hydrogen-bond acceptors (Lipinski definition) is 4. The zero-order chi connectivity index (χ0) is 20.5. The number of nitrogens with zero attached hydrogens (tertiary/aromatic N) is 1. The first-order valence-electron chi connectivity index (χ1n) is 9.21. The second-order valence-corrected chi connectivity index (χ2v) is 9.66. The zero-order valence-electron chi connectivity index (χ0n) is 16.7. The highest BCUT2D eigenvalue weighted by Crippen LogP contribution is 2.32. The summed E-state index contributed by atoms with van der Waals surface area (Å²) in [6, 6.07) is 4.84. The molecule has 0 spiro atoms. The van der Waals surface area contributed by atoms with E-state index in [0.717, 1.165) is 11.1 Å². The first kappa shape index (κ1) is 21.2. The summed E-state index contributed by atoms with van der Waals surface area (Å²) >= 11 is 0. The molecule has 0 bridgehead atoms. The second kappa shape index (κ2) is 7.88. The Hall–Kier alpha value is -2.09. The zero-order valence-corrected chi connectivity index (χ0v) is 17.6. The molecule has 1 heterocycles. The van der Waals surface area contributed by atoms with Gasteiger partial charge in [-0.25, -0.2) is 17.9 Å². The van der Waals surface area contributed by atoms with E-state index >= 15 is 0 Å². The summed E-state index contributed by atoms with van der Waals surface area (Å²) in [5, 5.41) is 1.48. The second-order valence-electron chi connectivity index (χ2n) is 7.80. The molecular weight excluding hydrogens is 366 g/mol. The van der Waals surface area contributed by atoms with Crippen molar-refractivity contribution in [3.63, 3.8) is 0 Å². The van der Waals surface area contributed by atoms with Crippen molar-refractivity contribution in [1.82, 2.24) is 9.62 Å². The molecule has 0 radical (unpaired) electrons. The van der Waals surface area contributed by atoms with Gasteiger partial charge in [0.05, 0.1) is 0 Å². The maximum Gasteiger partial charge on any atom is 0.332 e. The van der Waals surface area contributed by atoms with E-state index in [2.05, 4.69) is 5.32 Å². The molecule has 3 amide bonds. The van der Waals surface area contributed by atoms with Crippen molar-refractivity contribution < 1.29 is 18.0 Å². The van der Waals surface area contributed by atoms with Gasteiger partial charge in [0.2, 0.25) is 15.9 Å². The maximum atomic E-state index is 12.4. The third kappa shape index (κ3) is 4.43. The van der Waals surface area contributed by atoms with Crippen LogP contribution in [0.25, 0.3) is 0 Å². The predicted octanol–water partition coefficient (Wildman–Crippen LogP) is 3.00. The van der Waals surface area contributed by atoms with E-state index < -0.39 is 27.2 Å². The molecule has 8 heteroatoms. The molecule has 1 aromatic carbocycles. The lowest BCUT2D eigenvalue weighted by Crippen LogP contribution is -2.64. The Morgan fingerprint density at radius 1 is 1.07 bits per heavy atom. The SMILES string of the molecule is CC(C)c1cccc(C(C)C)c1NC(=O)NS(=O)(=O)C1CN(C(C)C)C1=O. The predicted molar refractivity (Wildman–Crippen MR) is 106 cm³/mol. The number of carbonyl (C=O) groups is 2. The Bertz CT molecular complexity index is 805. The number of sulfonamides is 1. The first-order chi connectivity index (χ1) is 12.5. The molecule has 1 aromatic rings. The number of rotatable bonds is 6. The molecule has 1 unspecified atom stereocenters. The minimum atomic E-state index is -4.08. The topological polar surface area (TPSA) is 95.6 Å². The summed E-state index contributed by atoms with van der Waals surface area (Å²) in [4.78, 5) is 25.9. The van der Waals surface area contributed by atoms with Gasteiger partial charge in [-0.05, 0) is 36.8 Å². The molecule has 0 saturated carbocycles. The van der Waals surface area contributed by atoms with Crippen LogP contribution in [0, 0.1) is 0 Å². The van der Waals surface area contributed by atoms with Crippen LogP contribution in [0.5, 0.6) is 0 Å². The summed E-state index contributed by atoms with van der Waals surface area (Å²) in [5.41, 5.74) is 2.48. The molecule has 1 saturated heterocycles. The van der Waals surface area contributed by atoms with Gasteiger partial charge in [0, 0.05) is 18.3 Å². The van der Waals surface area contributed by atoms with Crippen molar-refractivity contribution >= 4 is 27.6 Å². The van der Waals surface area contributed by atoms with Crippen molar-refractivity contribution in [3.05, 3.63) is 29.3 Å². The average Bonchev–Trinajstić information content (AvgIpc) is 2.51. The van der Waals surface area contributed by atoms with E-state index in [-0.39, 0.29) is 24.4 Å². The molecule has 1 fully saturated rings. The van der Waals surface area contributed by atoms with Gasteiger partial charge in [0.25, 0.3) is 0 Å². The van der Waals surface area contributed by atoms with Crippen LogP contribution in [-0.2, 0) is 14.8 Å². The number of β-lactam (4-membered cyclic amide) rings is 1. The lowest BCUT2D eigenvalue weighted by molar-refractivity contribution is -0.141. The van der Waals surface area contributed by atoms with Gasteiger partial charge >= 0.3 is 6.03 Å². The van der Waals surface area contributed by atoms with Crippen LogP contribution >= 0.6 is 0 Å². The standard InChI is InChI=1S/C19H29N3O4S/c1-11(2)14-8-7-9-15(12(3)4)17(14)20-19(24)21-27(25,26)16-10-22(13(5)6)18(16)23/h7-9,11-13,16H,10H2,1-6H3,(H2,20,21,24). The summed E-state index contributed by atoms with van der Waals surface area (Å²) < 4.78 is 26.8. The molecule has 2 rings (SSSR count). The van der Waals surface area contributed by atoms with Gasteiger partial charge in [-0.15, -0.1) is 0 Å². The van der Waals surface area contributed by atoms with Gasteiger partial charge in [-0.3, -0.25) is 4.79 Å². The number of carbonyl (C=O) groups excluding carboxylic acids is 2. The molecule has 7 nitrogen and oxygen atoms in total. The first-order valence-corrected chi connectivity index (χ1v) is 10.8. The number of anilines is 1. The number of amides is 3. The van der Waals surface area contributed by atoms with Gasteiger partial charge in [0.15, 0.2) is 5.25 Å². The highest BCUT2D eigenvalue weighted by molar-refractivity contribution is 7.91. The van der Waals surface area contributed by atoms with E-state index in [9.17, 15) is 18.0 Å². The monoisotopic (exact) mass is 395 g/mol.